The number of amides is 5. The van der Waals surface area contributed by atoms with Gasteiger partial charge in [-0.3, -0.25) is 70.9 Å². The van der Waals surface area contributed by atoms with Crippen LogP contribution in [0.2, 0.25) is 0 Å². The molecule has 0 radical (unpaired) electrons. The standard InChI is InChI=1S/C22H22F2N6O.C22H24F2N6O.C22H24N6O.C22H26N6O.C20H22N6O/c1-25-20-13-12-26-5-4-17(13)30-18-11-15(24)14(23)10-16(18)27-21(30)19(20)22(31)29-7-3-6-28(2)8-9-29;1-4-29(5-2)9-8-27-22(31)19-20(25-3)13-12-26-7-6-17(13)30-18-11-15(24)14(23)10-16(18)28-21(19)30;1-13-11-27(12-14(2)25-13)22(29)19-20(23-3)15-10-24-9-8-17(15)28-18-7-5-4-6-16(18)26-21(19)28;1-4-27(5-2)13-12-25-22(29)19-20(23-3)15-14-24-11-10-17(15)28-18-9-7-6-8-16(18)26-21(19)28;1-21-18-13-12-22-9-8-15(13)26-16-7-5-4-6-14(16)24-19(26)17(18)20(27)23-10-11-25(2)3/h4-5,10-12,25H,3,6-9H2,1-2H3;6-7,10-12,25H,4-5,8-9H2,1-3H3,(H,27,31);4-10,13-14,23,25H,11-12H2,1-3H3;6-11,14,23H,4-5,12-13H2,1-3H3,(H,25,29);4-9,12,21H,10-11H2,1-3H3,(H,23,27). The minimum absolute atomic E-state index is 0.000564. The third-order valence-corrected chi connectivity index (χ3v) is 27.3. The topological polar surface area (TPSA) is 364 Å². The van der Waals surface area contributed by atoms with Gasteiger partial charge in [-0.2, -0.15) is 0 Å². The lowest BCUT2D eigenvalue weighted by Gasteiger charge is -2.36. The lowest BCUT2D eigenvalue weighted by molar-refractivity contribution is 0.0675. The molecule has 39 heteroatoms. The number of piperazine rings is 1. The molecule has 22 rings (SSSR count). The number of halogens is 4. The van der Waals surface area contributed by atoms with E-state index < -0.39 is 23.3 Å². The predicted octanol–water partition coefficient (Wildman–Crippen LogP) is 15.0. The molecule has 2 fully saturated rings. The number of fused-ring (bicyclic) bond motifs is 25. The number of anilines is 5. The van der Waals surface area contributed by atoms with Crippen LogP contribution in [0.3, 0.4) is 0 Å². The molecule has 147 heavy (non-hydrogen) atoms. The van der Waals surface area contributed by atoms with Gasteiger partial charge in [-0.1, -0.05) is 64.1 Å². The second-order valence-electron chi connectivity index (χ2n) is 36.5. The Kier molecular flexibility index (Phi) is 30.0. The Hall–Kier alpha value is -16.2. The number of imidazole rings is 5. The van der Waals surface area contributed by atoms with E-state index >= 15 is 0 Å². The molecule has 2 atom stereocenters. The van der Waals surface area contributed by atoms with Crippen molar-refractivity contribution in [3.05, 3.63) is 240 Å². The molecule has 20 aromatic rings. The quantitative estimate of drug-likeness (QED) is 0.0269. The molecule has 35 nitrogen and oxygen atoms in total. The first-order chi connectivity index (χ1) is 71.4. The molecular weight excluding hydrogens is 1870 g/mol. The number of nitrogens with one attached hydrogen (secondary N) is 9. The summed E-state index contributed by atoms with van der Waals surface area (Å²) < 4.78 is 65.5. The van der Waals surface area contributed by atoms with Gasteiger partial charge in [0.2, 0.25) is 0 Å². The van der Waals surface area contributed by atoms with E-state index in [4.69, 9.17) is 15.0 Å². The maximum atomic E-state index is 14.1. The fourth-order valence-electron chi connectivity index (χ4n) is 20.2. The molecule has 2 aliphatic rings. The van der Waals surface area contributed by atoms with Crippen LogP contribution in [0.1, 0.15) is 99.8 Å². The molecule has 5 amide bonds. The molecule has 758 valence electrons. The summed E-state index contributed by atoms with van der Waals surface area (Å²) >= 11 is 0. The summed E-state index contributed by atoms with van der Waals surface area (Å²) in [4.78, 5) is 124. The second-order valence-corrected chi connectivity index (χ2v) is 36.5. The van der Waals surface area contributed by atoms with Gasteiger partial charge in [0.15, 0.2) is 51.5 Å². The number of hydrogen-bond acceptors (Lipinski definition) is 25. The predicted molar refractivity (Wildman–Crippen MR) is 575 cm³/mol. The Morgan fingerprint density at radius 2 is 0.646 bits per heavy atom. The molecule has 15 aromatic heterocycles. The zero-order chi connectivity index (χ0) is 103. The summed E-state index contributed by atoms with van der Waals surface area (Å²) in [6.07, 6.45) is 18.1. The number of pyridine rings is 10. The maximum absolute atomic E-state index is 14.1. The van der Waals surface area contributed by atoms with Gasteiger partial charge < -0.3 is 77.3 Å². The summed E-state index contributed by atoms with van der Waals surface area (Å²) in [5.74, 6) is -4.65. The van der Waals surface area contributed by atoms with E-state index in [1.807, 2.05) is 163 Å². The van der Waals surface area contributed by atoms with Gasteiger partial charge in [-0.15, -0.1) is 0 Å². The van der Waals surface area contributed by atoms with Crippen molar-refractivity contribution in [3.63, 3.8) is 0 Å². The van der Waals surface area contributed by atoms with Crippen molar-refractivity contribution < 1.29 is 41.5 Å². The lowest BCUT2D eigenvalue weighted by Crippen LogP contribution is -2.55. The summed E-state index contributed by atoms with van der Waals surface area (Å²) in [7, 11) is 14.9. The van der Waals surface area contributed by atoms with E-state index in [2.05, 4.69) is 143 Å². The third-order valence-electron chi connectivity index (χ3n) is 27.3. The van der Waals surface area contributed by atoms with Crippen LogP contribution in [0, 0.1) is 23.3 Å². The van der Waals surface area contributed by atoms with Crippen LogP contribution < -0.4 is 47.9 Å². The highest BCUT2D eigenvalue weighted by molar-refractivity contribution is 6.19. The second kappa shape index (κ2) is 43.8. The first-order valence-electron chi connectivity index (χ1n) is 49.4. The van der Waals surface area contributed by atoms with Crippen molar-refractivity contribution in [2.45, 2.75) is 60.0 Å². The highest BCUT2D eigenvalue weighted by atomic mass is 19.2. The Bertz CT molecular complexity index is 8440. The van der Waals surface area contributed by atoms with Crippen LogP contribution in [0.5, 0.6) is 0 Å². The van der Waals surface area contributed by atoms with Crippen LogP contribution in [-0.4, -0.2) is 304 Å². The average molecular weight is 1990 g/mol. The summed E-state index contributed by atoms with van der Waals surface area (Å²) in [5, 5.41) is 32.5. The Morgan fingerprint density at radius 3 is 0.973 bits per heavy atom. The van der Waals surface area contributed by atoms with Gasteiger partial charge in [0.1, 0.15) is 27.8 Å². The van der Waals surface area contributed by atoms with Crippen molar-refractivity contribution in [3.8, 4) is 0 Å². The summed E-state index contributed by atoms with van der Waals surface area (Å²) in [5.41, 5.74) is 19.6. The number of para-hydroxylation sites is 6. The zero-order valence-corrected chi connectivity index (χ0v) is 84.5. The number of benzene rings is 5. The summed E-state index contributed by atoms with van der Waals surface area (Å²) in [6.45, 7) is 24.5. The van der Waals surface area contributed by atoms with Gasteiger partial charge >= 0.3 is 0 Å². The number of likely N-dealkylation sites (N-methyl/N-ethyl adjacent to an activating group) is 4. The van der Waals surface area contributed by atoms with E-state index in [-0.39, 0.29) is 52.7 Å². The normalized spacial score (nSPS) is 14.1. The molecule has 0 spiro atoms. The number of nitrogens with zero attached hydrogens (tertiary/aromatic N) is 21. The molecule has 2 saturated heterocycles. The van der Waals surface area contributed by atoms with Crippen molar-refractivity contribution in [1.82, 2.24) is 123 Å². The molecule has 5 aromatic carbocycles. The fraction of sp³-hybridized carbons (Fsp3) is 0.306. The molecule has 2 unspecified atom stereocenters. The lowest BCUT2D eigenvalue weighted by atomic mass is 10.1. The van der Waals surface area contributed by atoms with Gasteiger partial charge in [0, 0.05) is 232 Å². The molecule has 17 heterocycles. The largest absolute Gasteiger partial charge is 0.387 e. The fourth-order valence-corrected chi connectivity index (χ4v) is 20.2. The van der Waals surface area contributed by atoms with Crippen LogP contribution in [0.15, 0.2) is 189 Å². The SMILES string of the molecule is CCN(CC)CCNC(=O)c1c(NC)c2cnccc2n2c1nc1cc(F)c(F)cc12.CCN(CC)CCNC(=O)c1c(NC)c2cnccc2n2c1nc1ccccc12.CNc1c(C(=O)N2CC(C)NC(C)C2)c2nc3ccccc3n2c2ccncc12.CNc1c(C(=O)N2CCCN(C)CC2)c2nc3cc(F)c(F)cc3n2c2ccncc12.CNc1c(C(=O)NCCN(C)C)c2nc3ccccc3n2c2ccncc12. The van der Waals surface area contributed by atoms with E-state index in [1.165, 1.54) is 0 Å². The molecule has 0 aliphatic carbocycles. The van der Waals surface area contributed by atoms with Crippen molar-refractivity contribution in [2.75, 3.05) is 188 Å². The number of hydrogen-bond donors (Lipinski definition) is 9. The van der Waals surface area contributed by atoms with E-state index in [0.29, 0.717) is 153 Å². The van der Waals surface area contributed by atoms with E-state index in [1.54, 1.807) is 90.8 Å². The van der Waals surface area contributed by atoms with Crippen molar-refractivity contribution >= 4 is 196 Å². The van der Waals surface area contributed by atoms with Crippen LogP contribution in [-0.2, 0) is 0 Å². The number of aromatic nitrogens is 15. The van der Waals surface area contributed by atoms with Crippen molar-refractivity contribution in [1.29, 1.82) is 0 Å². The molecule has 0 saturated carbocycles. The Balaban J connectivity index is 0.000000120. The van der Waals surface area contributed by atoms with E-state index in [0.717, 1.165) is 166 Å². The maximum Gasteiger partial charge on any atom is 0.259 e. The zero-order valence-electron chi connectivity index (χ0n) is 84.5. The minimum atomic E-state index is -0.985. The highest BCUT2D eigenvalue weighted by Crippen LogP contribution is 2.41. The first kappa shape index (κ1) is 101. The van der Waals surface area contributed by atoms with Gasteiger partial charge in [0.05, 0.1) is 111 Å². The summed E-state index contributed by atoms with van der Waals surface area (Å²) in [6, 6.07) is 38.1. The van der Waals surface area contributed by atoms with Gasteiger partial charge in [-0.05, 0) is 141 Å². The molecule has 9 N–H and O–H groups in total. The Morgan fingerprint density at radius 1 is 0.354 bits per heavy atom. The van der Waals surface area contributed by atoms with Crippen LogP contribution in [0.4, 0.5) is 46.0 Å². The number of carbonyl (C=O) groups excluding carboxylic acids is 5. The average Bonchev–Trinajstić information content (AvgIpc) is 1.61. The van der Waals surface area contributed by atoms with E-state index in [9.17, 15) is 41.5 Å². The number of carbonyl (C=O) groups is 5. The van der Waals surface area contributed by atoms with Crippen LogP contribution in [0.25, 0.3) is 138 Å². The smallest absolute Gasteiger partial charge is 0.259 e. The molecular formula is C108H118F4N30O5. The minimum Gasteiger partial charge on any atom is -0.387 e. The third kappa shape index (κ3) is 19.4. The first-order valence-corrected chi connectivity index (χ1v) is 49.4. The molecule has 0 bridgehead atoms. The van der Waals surface area contributed by atoms with Gasteiger partial charge in [-0.25, -0.2) is 42.5 Å². The van der Waals surface area contributed by atoms with Gasteiger partial charge in [0.25, 0.3) is 29.5 Å². The highest BCUT2D eigenvalue weighted by Gasteiger charge is 2.35. The molecule has 2 aliphatic heterocycles. The van der Waals surface area contributed by atoms with Crippen LogP contribution >= 0.6 is 0 Å². The van der Waals surface area contributed by atoms with Crippen molar-refractivity contribution in [2.24, 2.45) is 0 Å². The number of rotatable bonds is 23. The monoisotopic (exact) mass is 1990 g/mol. The Labute approximate surface area is 843 Å².